The van der Waals surface area contributed by atoms with Gasteiger partial charge in [0.05, 0.1) is 18.7 Å². The highest BCUT2D eigenvalue weighted by Crippen LogP contribution is 2.43. The number of Topliss-reactive ketones (excluding diaryl/α,β-unsaturated/α-hetero) is 1. The van der Waals surface area contributed by atoms with Gasteiger partial charge in [0, 0.05) is 11.3 Å². The molecular formula is C27H25NO4. The Bertz CT molecular complexity index is 1240. The van der Waals surface area contributed by atoms with Gasteiger partial charge in [0.2, 0.25) is 0 Å². The summed E-state index contributed by atoms with van der Waals surface area (Å²) < 4.78 is 5.23. The van der Waals surface area contributed by atoms with Crippen LogP contribution in [0.1, 0.15) is 33.9 Å². The number of aryl methyl sites for hydroxylation is 3. The van der Waals surface area contributed by atoms with Crippen molar-refractivity contribution in [1.29, 1.82) is 0 Å². The minimum absolute atomic E-state index is 0.0865. The van der Waals surface area contributed by atoms with Crippen LogP contribution in [0.5, 0.6) is 5.75 Å². The Balaban J connectivity index is 1.95. The molecule has 3 aromatic carbocycles. The van der Waals surface area contributed by atoms with Gasteiger partial charge in [-0.25, -0.2) is 0 Å². The van der Waals surface area contributed by atoms with E-state index in [0.717, 1.165) is 22.3 Å². The number of anilines is 1. The standard InChI is InChI=1S/C27H25NO4/c1-16-9-10-19(15-18(16)3)25(29)23-24(22-8-6-5-7-17(22)2)28(27(31)26(23)30)20-11-13-21(32-4)14-12-20/h5-15,24,29H,1-4H3/b25-23+. The van der Waals surface area contributed by atoms with E-state index in [9.17, 15) is 14.7 Å². The first kappa shape index (κ1) is 21.4. The summed E-state index contributed by atoms with van der Waals surface area (Å²) in [6.45, 7) is 5.86. The van der Waals surface area contributed by atoms with E-state index in [2.05, 4.69) is 0 Å². The highest BCUT2D eigenvalue weighted by Gasteiger charge is 2.47. The van der Waals surface area contributed by atoms with Gasteiger partial charge in [0.15, 0.2) is 0 Å². The smallest absolute Gasteiger partial charge is 0.300 e. The fraction of sp³-hybridized carbons (Fsp3) is 0.185. The second-order valence-electron chi connectivity index (χ2n) is 8.02. The van der Waals surface area contributed by atoms with Gasteiger partial charge in [-0.3, -0.25) is 14.5 Å². The molecule has 0 spiro atoms. The van der Waals surface area contributed by atoms with Gasteiger partial charge in [-0.1, -0.05) is 36.4 Å². The van der Waals surface area contributed by atoms with E-state index in [1.54, 1.807) is 37.4 Å². The van der Waals surface area contributed by atoms with Crippen LogP contribution in [0.2, 0.25) is 0 Å². The fourth-order valence-electron chi connectivity index (χ4n) is 4.07. The summed E-state index contributed by atoms with van der Waals surface area (Å²) in [5.74, 6) is -0.901. The van der Waals surface area contributed by atoms with E-state index in [1.165, 1.54) is 4.90 Å². The number of aliphatic hydroxyl groups excluding tert-OH is 1. The van der Waals surface area contributed by atoms with Crippen molar-refractivity contribution < 1.29 is 19.4 Å². The van der Waals surface area contributed by atoms with Crippen LogP contribution in [-0.2, 0) is 9.59 Å². The topological polar surface area (TPSA) is 66.8 Å². The zero-order chi connectivity index (χ0) is 23.0. The van der Waals surface area contributed by atoms with Crippen LogP contribution in [0.15, 0.2) is 72.3 Å². The largest absolute Gasteiger partial charge is 0.507 e. The number of aliphatic hydroxyl groups is 1. The van der Waals surface area contributed by atoms with Gasteiger partial charge < -0.3 is 9.84 Å². The number of hydrogen-bond donors (Lipinski definition) is 1. The molecule has 0 saturated carbocycles. The number of carbonyl (C=O) groups is 2. The summed E-state index contributed by atoms with van der Waals surface area (Å²) in [4.78, 5) is 27.9. The van der Waals surface area contributed by atoms with Crippen LogP contribution in [0.25, 0.3) is 5.76 Å². The van der Waals surface area contributed by atoms with E-state index in [1.807, 2.05) is 57.2 Å². The van der Waals surface area contributed by atoms with Crippen molar-refractivity contribution >= 4 is 23.1 Å². The molecule has 1 atom stereocenters. The van der Waals surface area contributed by atoms with Gasteiger partial charge in [0.25, 0.3) is 11.7 Å². The Kier molecular flexibility index (Phi) is 5.57. The highest BCUT2D eigenvalue weighted by molar-refractivity contribution is 6.51. The number of ether oxygens (including phenoxy) is 1. The minimum atomic E-state index is -0.744. The monoisotopic (exact) mass is 427 g/mol. The number of hydrogen-bond acceptors (Lipinski definition) is 4. The van der Waals surface area contributed by atoms with Crippen molar-refractivity contribution in [1.82, 2.24) is 0 Å². The first-order chi connectivity index (χ1) is 15.3. The molecular weight excluding hydrogens is 402 g/mol. The Morgan fingerprint density at radius 2 is 1.56 bits per heavy atom. The number of methoxy groups -OCH3 is 1. The third-order valence-corrected chi connectivity index (χ3v) is 6.06. The molecule has 1 fully saturated rings. The Hall–Kier alpha value is -3.86. The molecule has 1 aliphatic heterocycles. The molecule has 0 bridgehead atoms. The normalized spacial score (nSPS) is 17.6. The predicted molar refractivity (Wildman–Crippen MR) is 125 cm³/mol. The third-order valence-electron chi connectivity index (χ3n) is 6.06. The lowest BCUT2D eigenvalue weighted by Crippen LogP contribution is -2.29. The fourth-order valence-corrected chi connectivity index (χ4v) is 4.07. The summed E-state index contributed by atoms with van der Waals surface area (Å²) in [7, 11) is 1.57. The molecule has 5 heteroatoms. The van der Waals surface area contributed by atoms with Crippen LogP contribution < -0.4 is 9.64 Å². The van der Waals surface area contributed by atoms with E-state index < -0.39 is 17.7 Å². The first-order valence-corrected chi connectivity index (χ1v) is 10.4. The Morgan fingerprint density at radius 3 is 2.19 bits per heavy atom. The summed E-state index contributed by atoms with van der Waals surface area (Å²) in [5, 5.41) is 11.3. The molecule has 1 unspecified atom stereocenters. The molecule has 5 nitrogen and oxygen atoms in total. The van der Waals surface area contributed by atoms with Crippen molar-refractivity contribution in [3.05, 3.63) is 100 Å². The molecule has 1 N–H and O–H groups in total. The van der Waals surface area contributed by atoms with Crippen molar-refractivity contribution in [3.8, 4) is 5.75 Å². The molecule has 162 valence electrons. The lowest BCUT2D eigenvalue weighted by Gasteiger charge is -2.26. The number of amides is 1. The Labute approximate surface area is 187 Å². The molecule has 0 aliphatic carbocycles. The molecule has 1 aliphatic rings. The van der Waals surface area contributed by atoms with Crippen molar-refractivity contribution in [3.63, 3.8) is 0 Å². The molecule has 1 heterocycles. The number of rotatable bonds is 4. The SMILES string of the molecule is COc1ccc(N2C(=O)C(=O)/C(=C(/O)c3ccc(C)c(C)c3)C2c2ccccc2C)cc1. The van der Waals surface area contributed by atoms with Crippen LogP contribution in [-0.4, -0.2) is 23.9 Å². The van der Waals surface area contributed by atoms with Gasteiger partial charge in [-0.15, -0.1) is 0 Å². The number of ketones is 1. The van der Waals surface area contributed by atoms with E-state index in [0.29, 0.717) is 17.0 Å². The van der Waals surface area contributed by atoms with Crippen molar-refractivity contribution in [2.24, 2.45) is 0 Å². The quantitative estimate of drug-likeness (QED) is 0.351. The second kappa shape index (κ2) is 8.35. The summed E-state index contributed by atoms with van der Waals surface area (Å²) in [6, 6.07) is 19.3. The highest BCUT2D eigenvalue weighted by atomic mass is 16.5. The maximum Gasteiger partial charge on any atom is 0.300 e. The molecule has 3 aromatic rings. The lowest BCUT2D eigenvalue weighted by molar-refractivity contribution is -0.132. The van der Waals surface area contributed by atoms with Gasteiger partial charge in [0.1, 0.15) is 11.5 Å². The van der Waals surface area contributed by atoms with Crippen LogP contribution in [0.3, 0.4) is 0 Å². The molecule has 0 radical (unpaired) electrons. The number of benzene rings is 3. The minimum Gasteiger partial charge on any atom is -0.507 e. The van der Waals surface area contributed by atoms with Gasteiger partial charge in [-0.05, 0) is 73.4 Å². The lowest BCUT2D eigenvalue weighted by atomic mass is 9.92. The number of carbonyl (C=O) groups excluding carboxylic acids is 2. The second-order valence-corrected chi connectivity index (χ2v) is 8.02. The molecule has 4 rings (SSSR count). The first-order valence-electron chi connectivity index (χ1n) is 10.4. The Morgan fingerprint density at radius 1 is 0.875 bits per heavy atom. The number of nitrogens with zero attached hydrogens (tertiary/aromatic N) is 1. The van der Waals surface area contributed by atoms with Crippen LogP contribution in [0, 0.1) is 20.8 Å². The van der Waals surface area contributed by atoms with Crippen LogP contribution in [0.4, 0.5) is 5.69 Å². The third kappa shape index (κ3) is 3.56. The zero-order valence-corrected chi connectivity index (χ0v) is 18.5. The maximum absolute atomic E-state index is 13.2. The summed E-state index contributed by atoms with van der Waals surface area (Å²) in [5.41, 5.74) is 4.93. The van der Waals surface area contributed by atoms with Crippen molar-refractivity contribution in [2.45, 2.75) is 26.8 Å². The predicted octanol–water partition coefficient (Wildman–Crippen LogP) is 5.25. The van der Waals surface area contributed by atoms with Crippen molar-refractivity contribution in [2.75, 3.05) is 12.0 Å². The van der Waals surface area contributed by atoms with Crippen LogP contribution >= 0.6 is 0 Å². The van der Waals surface area contributed by atoms with E-state index in [-0.39, 0.29) is 11.3 Å². The molecule has 1 amide bonds. The molecule has 0 aromatic heterocycles. The maximum atomic E-state index is 13.2. The average Bonchev–Trinajstić information content (AvgIpc) is 3.06. The summed E-state index contributed by atoms with van der Waals surface area (Å²) in [6.07, 6.45) is 0. The van der Waals surface area contributed by atoms with Gasteiger partial charge in [-0.2, -0.15) is 0 Å². The van der Waals surface area contributed by atoms with E-state index in [4.69, 9.17) is 4.74 Å². The molecule has 1 saturated heterocycles. The summed E-state index contributed by atoms with van der Waals surface area (Å²) >= 11 is 0. The van der Waals surface area contributed by atoms with E-state index >= 15 is 0 Å². The molecule has 32 heavy (non-hydrogen) atoms. The van der Waals surface area contributed by atoms with Gasteiger partial charge >= 0.3 is 0 Å². The zero-order valence-electron chi connectivity index (χ0n) is 18.5. The average molecular weight is 428 g/mol.